The highest BCUT2D eigenvalue weighted by atomic mass is 32.1. The van der Waals surface area contributed by atoms with E-state index in [9.17, 15) is 23.8 Å². The highest BCUT2D eigenvalue weighted by Crippen LogP contribution is 2.45. The van der Waals surface area contributed by atoms with Gasteiger partial charge in [0.1, 0.15) is 13.3 Å². The lowest BCUT2D eigenvalue weighted by Gasteiger charge is -2.28. The lowest BCUT2D eigenvalue weighted by atomic mass is 9.94. The second-order valence-corrected chi connectivity index (χ2v) is 4.85. The topological polar surface area (TPSA) is 108 Å². The highest BCUT2D eigenvalue weighted by Gasteiger charge is 2.65. The molecule has 4 N–H and O–H groups in total. The number of H-pyrrole nitrogens is 1. The van der Waals surface area contributed by atoms with Gasteiger partial charge in [-0.2, -0.15) is 0 Å². The quantitative estimate of drug-likeness (QED) is 0.542. The van der Waals surface area contributed by atoms with Crippen LogP contribution in [0.2, 0.25) is 0 Å². The molecule has 1 fully saturated rings. The highest BCUT2D eigenvalue weighted by molar-refractivity contribution is 7.71. The summed E-state index contributed by atoms with van der Waals surface area (Å²) in [6.45, 7) is -2.84. The fraction of sp³-hybridized carbons (Fsp3) is 0.600. The number of alkyl halides is 2. The van der Waals surface area contributed by atoms with Gasteiger partial charge in [-0.15, -0.1) is 0 Å². The summed E-state index contributed by atoms with van der Waals surface area (Å²) in [6, 6.07) is 1.00. The van der Waals surface area contributed by atoms with Gasteiger partial charge in [-0.05, 0) is 12.2 Å². The van der Waals surface area contributed by atoms with Crippen molar-refractivity contribution in [3.8, 4) is 0 Å². The van der Waals surface area contributed by atoms with Crippen molar-refractivity contribution in [3.05, 3.63) is 27.4 Å². The van der Waals surface area contributed by atoms with Crippen molar-refractivity contribution in [1.29, 1.82) is 0 Å². The Hall–Kier alpha value is -1.20. The number of nitrogens with one attached hydrogen (secondary N) is 1. The van der Waals surface area contributed by atoms with E-state index in [0.717, 1.165) is 16.8 Å². The van der Waals surface area contributed by atoms with Gasteiger partial charge in [0.25, 0.3) is 11.4 Å². The monoisotopic (exact) mass is 310 g/mol. The van der Waals surface area contributed by atoms with Crippen LogP contribution in [-0.2, 0) is 4.74 Å². The maximum atomic E-state index is 14.1. The Morgan fingerprint density at radius 1 is 1.60 bits per heavy atom. The Morgan fingerprint density at radius 2 is 2.25 bits per heavy atom. The fourth-order valence-corrected chi connectivity index (χ4v) is 2.29. The molecule has 0 bridgehead atoms. The van der Waals surface area contributed by atoms with E-state index in [-0.39, 0.29) is 4.77 Å². The van der Waals surface area contributed by atoms with Gasteiger partial charge in [0.15, 0.2) is 22.7 Å². The van der Waals surface area contributed by atoms with E-state index in [1.165, 1.54) is 0 Å². The normalized spacial score (nSPS) is 37.2. The van der Waals surface area contributed by atoms with Gasteiger partial charge in [0, 0.05) is 12.3 Å². The van der Waals surface area contributed by atoms with Gasteiger partial charge in [-0.3, -0.25) is 14.3 Å². The van der Waals surface area contributed by atoms with Gasteiger partial charge < -0.3 is 20.1 Å². The number of aromatic nitrogens is 2. The molecule has 2 heterocycles. The fourth-order valence-electron chi connectivity index (χ4n) is 2.03. The van der Waals surface area contributed by atoms with Crippen molar-refractivity contribution in [2.45, 2.75) is 23.8 Å². The number of aliphatic hydroxyl groups excluding tert-OH is 2. The summed E-state index contributed by atoms with van der Waals surface area (Å²) in [7, 11) is 0. The summed E-state index contributed by atoms with van der Waals surface area (Å²) in [4.78, 5) is 13.2. The largest absolute Gasteiger partial charge is 0.390 e. The van der Waals surface area contributed by atoms with Crippen LogP contribution in [0, 0.1) is 4.77 Å². The zero-order valence-electron chi connectivity index (χ0n) is 9.99. The van der Waals surface area contributed by atoms with Gasteiger partial charge in [0.05, 0.1) is 0 Å². The predicted octanol–water partition coefficient (Wildman–Crippen LogP) is -0.846. The van der Waals surface area contributed by atoms with Crippen LogP contribution in [-0.4, -0.2) is 55.7 Å². The molecule has 1 saturated heterocycles. The summed E-state index contributed by atoms with van der Waals surface area (Å²) in [6.07, 6.45) is -3.02. The molecule has 0 saturated carbocycles. The van der Waals surface area contributed by atoms with E-state index in [0.29, 0.717) is 0 Å². The van der Waals surface area contributed by atoms with Crippen LogP contribution >= 0.6 is 12.2 Å². The number of aromatic amines is 1. The molecule has 1 unspecified atom stereocenters. The first-order valence-corrected chi connectivity index (χ1v) is 5.95. The standard InChI is InChI=1S/C10H12F2N2O5S/c11-3-9(18)6(17)10(12,4-15)19-7(9)14-2-1-5(16)13-8(14)20/h1-2,6-7,15,17-18H,3-4H2,(H,13,16,20)/t6-,7-,9?,10-/m1/s1. The summed E-state index contributed by atoms with van der Waals surface area (Å²) >= 11 is 4.80. The van der Waals surface area contributed by atoms with Crippen LogP contribution in [0.1, 0.15) is 6.23 Å². The van der Waals surface area contributed by atoms with Gasteiger partial charge in [0.2, 0.25) is 0 Å². The number of nitrogens with zero attached hydrogens (tertiary/aromatic N) is 1. The third-order valence-electron chi connectivity index (χ3n) is 3.15. The van der Waals surface area contributed by atoms with Gasteiger partial charge >= 0.3 is 0 Å². The number of hydrogen-bond donors (Lipinski definition) is 4. The Kier molecular flexibility index (Phi) is 3.77. The number of halogens is 2. The third-order valence-corrected chi connectivity index (χ3v) is 3.46. The van der Waals surface area contributed by atoms with E-state index in [4.69, 9.17) is 22.1 Å². The molecule has 1 aromatic heterocycles. The van der Waals surface area contributed by atoms with Crippen molar-refractivity contribution in [2.24, 2.45) is 0 Å². The maximum absolute atomic E-state index is 14.1. The molecule has 2 rings (SSSR count). The molecule has 20 heavy (non-hydrogen) atoms. The smallest absolute Gasteiger partial charge is 0.263 e. The molecular formula is C10H12F2N2O5S. The first-order valence-electron chi connectivity index (χ1n) is 5.54. The molecule has 1 aliphatic rings. The average molecular weight is 310 g/mol. The van der Waals surface area contributed by atoms with Crippen molar-refractivity contribution >= 4 is 12.2 Å². The maximum Gasteiger partial charge on any atom is 0.263 e. The van der Waals surface area contributed by atoms with Crippen LogP contribution in [0.3, 0.4) is 0 Å². The van der Waals surface area contributed by atoms with Crippen molar-refractivity contribution in [1.82, 2.24) is 9.55 Å². The summed E-state index contributed by atoms with van der Waals surface area (Å²) < 4.78 is 32.6. The first kappa shape index (κ1) is 15.2. The third kappa shape index (κ3) is 2.09. The second kappa shape index (κ2) is 4.97. The minimum absolute atomic E-state index is 0.260. The van der Waals surface area contributed by atoms with Crippen LogP contribution in [0.4, 0.5) is 8.78 Å². The van der Waals surface area contributed by atoms with Crippen LogP contribution in [0.5, 0.6) is 0 Å². The van der Waals surface area contributed by atoms with Crippen LogP contribution < -0.4 is 5.56 Å². The molecule has 4 atom stereocenters. The van der Waals surface area contributed by atoms with E-state index < -0.39 is 42.6 Å². The number of ether oxygens (including phenoxy) is 1. The molecule has 0 aliphatic carbocycles. The number of aliphatic hydroxyl groups is 3. The van der Waals surface area contributed by atoms with Gasteiger partial charge in [-0.25, -0.2) is 8.78 Å². The zero-order chi connectivity index (χ0) is 15.1. The summed E-state index contributed by atoms with van der Waals surface area (Å²) in [5, 5.41) is 28.7. The lowest BCUT2D eigenvalue weighted by Crippen LogP contribution is -2.52. The molecule has 10 heteroatoms. The molecule has 0 radical (unpaired) electrons. The zero-order valence-corrected chi connectivity index (χ0v) is 10.8. The van der Waals surface area contributed by atoms with Crippen molar-refractivity contribution in [2.75, 3.05) is 13.3 Å². The second-order valence-electron chi connectivity index (χ2n) is 4.46. The molecule has 0 aromatic carbocycles. The molecule has 1 aromatic rings. The Balaban J connectivity index is 2.55. The van der Waals surface area contributed by atoms with Crippen molar-refractivity contribution < 1.29 is 28.8 Å². The molecular weight excluding hydrogens is 298 g/mol. The first-order chi connectivity index (χ1) is 9.28. The molecule has 0 amide bonds. The van der Waals surface area contributed by atoms with E-state index in [1.807, 2.05) is 0 Å². The average Bonchev–Trinajstić information content (AvgIpc) is 2.62. The molecule has 0 spiro atoms. The molecule has 7 nitrogen and oxygen atoms in total. The molecule has 1 aliphatic heterocycles. The SMILES string of the molecule is O=c1ccn([C@@H]2O[C@](F)(CO)[C@H](O)C2(O)CF)c(=S)[nH]1. The van der Waals surface area contributed by atoms with E-state index in [1.54, 1.807) is 0 Å². The predicted molar refractivity (Wildman–Crippen MR) is 63.9 cm³/mol. The summed E-state index contributed by atoms with van der Waals surface area (Å²) in [5.41, 5.74) is -3.21. The van der Waals surface area contributed by atoms with Crippen LogP contribution in [0.15, 0.2) is 17.1 Å². The van der Waals surface area contributed by atoms with E-state index in [2.05, 4.69) is 4.98 Å². The minimum atomic E-state index is -3.05. The van der Waals surface area contributed by atoms with Gasteiger partial charge in [-0.1, -0.05) is 0 Å². The minimum Gasteiger partial charge on any atom is -0.390 e. The molecule has 112 valence electrons. The van der Waals surface area contributed by atoms with Crippen molar-refractivity contribution in [3.63, 3.8) is 0 Å². The number of hydrogen-bond acceptors (Lipinski definition) is 6. The Morgan fingerprint density at radius 3 is 2.75 bits per heavy atom. The Labute approximate surface area is 116 Å². The lowest BCUT2D eigenvalue weighted by molar-refractivity contribution is -0.207. The van der Waals surface area contributed by atoms with E-state index >= 15 is 0 Å². The van der Waals surface area contributed by atoms with Crippen LogP contribution in [0.25, 0.3) is 0 Å². The number of rotatable bonds is 3. The summed E-state index contributed by atoms with van der Waals surface area (Å²) in [5.74, 6) is -3.05. The Bertz CT molecular complexity index is 622.